The Balaban J connectivity index is 1.60. The SMILES string of the molecule is COC(=O)[C@@H]1Cc2c([nH]c3ccccc23)C(c2ccccc2)N1C(=O)COc1c(F)c(F)cc(F)c1F. The van der Waals surface area contributed by atoms with Crippen LogP contribution in [-0.4, -0.2) is 41.5 Å². The predicted octanol–water partition coefficient (Wildman–Crippen LogP) is 4.82. The Morgan fingerprint density at radius 1 is 0.973 bits per heavy atom. The van der Waals surface area contributed by atoms with Crippen LogP contribution in [0.3, 0.4) is 0 Å². The molecule has 1 aromatic heterocycles. The third kappa shape index (κ3) is 4.18. The first-order chi connectivity index (χ1) is 17.8. The van der Waals surface area contributed by atoms with Crippen molar-refractivity contribution in [2.24, 2.45) is 0 Å². The molecule has 0 radical (unpaired) electrons. The van der Waals surface area contributed by atoms with E-state index in [2.05, 4.69) is 4.98 Å². The van der Waals surface area contributed by atoms with Crippen molar-refractivity contribution < 1.29 is 36.6 Å². The molecule has 0 saturated carbocycles. The summed E-state index contributed by atoms with van der Waals surface area (Å²) >= 11 is 0. The summed E-state index contributed by atoms with van der Waals surface area (Å²) in [7, 11) is 1.18. The summed E-state index contributed by atoms with van der Waals surface area (Å²) in [5, 5.41) is 0.870. The monoisotopic (exact) mass is 512 g/mol. The summed E-state index contributed by atoms with van der Waals surface area (Å²) < 4.78 is 65.5. The van der Waals surface area contributed by atoms with Crippen molar-refractivity contribution in [2.75, 3.05) is 13.7 Å². The largest absolute Gasteiger partial charge is 0.477 e. The Morgan fingerprint density at radius 3 is 2.30 bits per heavy atom. The van der Waals surface area contributed by atoms with Crippen LogP contribution in [0.2, 0.25) is 0 Å². The molecular formula is C27H20F4N2O4. The molecule has 37 heavy (non-hydrogen) atoms. The van der Waals surface area contributed by atoms with Crippen LogP contribution in [0.15, 0.2) is 60.7 Å². The first kappa shape index (κ1) is 24.4. The number of esters is 1. The number of carbonyl (C=O) groups excluding carboxylic acids is 2. The average molecular weight is 512 g/mol. The highest BCUT2D eigenvalue weighted by molar-refractivity contribution is 5.91. The minimum Gasteiger partial charge on any atom is -0.477 e. The molecule has 0 saturated heterocycles. The lowest BCUT2D eigenvalue weighted by atomic mass is 9.88. The molecule has 1 N–H and O–H groups in total. The maximum Gasteiger partial charge on any atom is 0.328 e. The molecule has 1 aliphatic rings. The molecule has 0 spiro atoms. The minimum absolute atomic E-state index is 0.0418. The van der Waals surface area contributed by atoms with Gasteiger partial charge in [0.25, 0.3) is 5.91 Å². The molecule has 3 aromatic carbocycles. The van der Waals surface area contributed by atoms with Gasteiger partial charge in [-0.3, -0.25) is 4.79 Å². The first-order valence-electron chi connectivity index (χ1n) is 11.3. The van der Waals surface area contributed by atoms with Gasteiger partial charge in [0.05, 0.1) is 13.2 Å². The van der Waals surface area contributed by atoms with E-state index in [1.165, 1.54) is 12.0 Å². The number of halogens is 4. The van der Waals surface area contributed by atoms with E-state index >= 15 is 0 Å². The lowest BCUT2D eigenvalue weighted by molar-refractivity contribution is -0.156. The van der Waals surface area contributed by atoms with Crippen molar-refractivity contribution >= 4 is 22.8 Å². The number of nitrogens with one attached hydrogen (secondary N) is 1. The van der Waals surface area contributed by atoms with Crippen molar-refractivity contribution in [3.63, 3.8) is 0 Å². The van der Waals surface area contributed by atoms with Gasteiger partial charge in [-0.2, -0.15) is 8.78 Å². The Labute approximate surface area is 208 Å². The van der Waals surface area contributed by atoms with Gasteiger partial charge < -0.3 is 19.4 Å². The molecular weight excluding hydrogens is 492 g/mol. The van der Waals surface area contributed by atoms with Gasteiger partial charge in [0.15, 0.2) is 24.0 Å². The number of hydrogen-bond donors (Lipinski definition) is 1. The van der Waals surface area contributed by atoms with Crippen molar-refractivity contribution in [1.82, 2.24) is 9.88 Å². The second-order valence-corrected chi connectivity index (χ2v) is 8.51. The number of aromatic amines is 1. The van der Waals surface area contributed by atoms with Crippen LogP contribution in [0.1, 0.15) is 22.9 Å². The standard InChI is InChI=1S/C27H20F4N2O4/c1-36-27(35)20-11-16-15-9-5-6-10-19(15)32-24(16)25(14-7-3-2-4-8-14)33(20)21(34)13-37-26-22(30)17(28)12-18(29)23(26)31/h2-10,12,20,25,32H,11,13H2,1H3/t20-,25?/m0/s1. The molecule has 0 bridgehead atoms. The molecule has 190 valence electrons. The number of para-hydroxylation sites is 1. The van der Waals surface area contributed by atoms with Gasteiger partial charge >= 0.3 is 5.97 Å². The second-order valence-electron chi connectivity index (χ2n) is 8.51. The van der Waals surface area contributed by atoms with E-state index in [1.54, 1.807) is 30.3 Å². The van der Waals surface area contributed by atoms with Crippen LogP contribution in [0.4, 0.5) is 17.6 Å². The van der Waals surface area contributed by atoms with Gasteiger partial charge in [-0.15, -0.1) is 0 Å². The van der Waals surface area contributed by atoms with E-state index in [0.717, 1.165) is 16.5 Å². The van der Waals surface area contributed by atoms with E-state index in [1.807, 2.05) is 24.3 Å². The second kappa shape index (κ2) is 9.61. The molecule has 0 aliphatic carbocycles. The fourth-order valence-corrected chi connectivity index (χ4v) is 4.78. The third-order valence-corrected chi connectivity index (χ3v) is 6.42. The van der Waals surface area contributed by atoms with Gasteiger partial charge in [-0.1, -0.05) is 48.5 Å². The maximum absolute atomic E-state index is 14.1. The van der Waals surface area contributed by atoms with Crippen molar-refractivity contribution in [2.45, 2.75) is 18.5 Å². The number of nitrogens with zero attached hydrogens (tertiary/aromatic N) is 1. The lowest BCUT2D eigenvalue weighted by Gasteiger charge is -2.40. The van der Waals surface area contributed by atoms with Crippen LogP contribution >= 0.6 is 0 Å². The molecule has 1 unspecified atom stereocenters. The normalized spacial score (nSPS) is 16.9. The first-order valence-corrected chi connectivity index (χ1v) is 11.3. The highest BCUT2D eigenvalue weighted by atomic mass is 19.2. The molecule has 0 fully saturated rings. The minimum atomic E-state index is -1.77. The summed E-state index contributed by atoms with van der Waals surface area (Å²) in [6.45, 7) is -0.997. The summed E-state index contributed by atoms with van der Waals surface area (Å²) in [6, 6.07) is 14.4. The molecule has 2 heterocycles. The van der Waals surface area contributed by atoms with Gasteiger partial charge in [0.1, 0.15) is 6.04 Å². The van der Waals surface area contributed by atoms with E-state index in [0.29, 0.717) is 11.3 Å². The number of H-pyrrole nitrogens is 1. The summed E-state index contributed by atoms with van der Waals surface area (Å²) in [6.07, 6.45) is 0.0956. The van der Waals surface area contributed by atoms with E-state index in [4.69, 9.17) is 9.47 Å². The third-order valence-electron chi connectivity index (χ3n) is 6.42. The van der Waals surface area contributed by atoms with Crippen LogP contribution in [-0.2, 0) is 20.7 Å². The fourth-order valence-electron chi connectivity index (χ4n) is 4.78. The predicted molar refractivity (Wildman–Crippen MR) is 125 cm³/mol. The number of ether oxygens (including phenoxy) is 2. The number of amides is 1. The molecule has 10 heteroatoms. The zero-order valence-electron chi connectivity index (χ0n) is 19.4. The maximum atomic E-state index is 14.1. The molecule has 5 rings (SSSR count). The van der Waals surface area contributed by atoms with Crippen LogP contribution in [0.25, 0.3) is 10.9 Å². The van der Waals surface area contributed by atoms with Crippen LogP contribution in [0.5, 0.6) is 5.75 Å². The van der Waals surface area contributed by atoms with Gasteiger partial charge in [0.2, 0.25) is 11.6 Å². The number of hydrogen-bond acceptors (Lipinski definition) is 4. The molecule has 2 atom stereocenters. The van der Waals surface area contributed by atoms with Gasteiger partial charge in [0, 0.05) is 29.1 Å². The van der Waals surface area contributed by atoms with Crippen LogP contribution in [0, 0.1) is 23.3 Å². The van der Waals surface area contributed by atoms with Gasteiger partial charge in [-0.05, 0) is 17.2 Å². The van der Waals surface area contributed by atoms with Crippen molar-refractivity contribution in [1.29, 1.82) is 0 Å². The highest BCUT2D eigenvalue weighted by Gasteiger charge is 2.44. The number of carbonyl (C=O) groups is 2. The highest BCUT2D eigenvalue weighted by Crippen LogP contribution is 2.41. The summed E-state index contributed by atoms with van der Waals surface area (Å²) in [4.78, 5) is 31.0. The van der Waals surface area contributed by atoms with Gasteiger partial charge in [-0.25, -0.2) is 13.6 Å². The number of benzene rings is 3. The fraction of sp³-hybridized carbons (Fsp3) is 0.185. The zero-order chi connectivity index (χ0) is 26.3. The van der Waals surface area contributed by atoms with E-state index < -0.39 is 59.6 Å². The Bertz CT molecular complexity index is 1480. The van der Waals surface area contributed by atoms with Crippen molar-refractivity contribution in [3.8, 4) is 5.75 Å². The average Bonchev–Trinajstić information content (AvgIpc) is 3.29. The quantitative estimate of drug-likeness (QED) is 0.237. The number of aromatic nitrogens is 1. The molecule has 1 aliphatic heterocycles. The summed E-state index contributed by atoms with van der Waals surface area (Å²) in [5.74, 6) is -9.80. The zero-order valence-corrected chi connectivity index (χ0v) is 19.4. The Morgan fingerprint density at radius 2 is 1.62 bits per heavy atom. The lowest BCUT2D eigenvalue weighted by Crippen LogP contribution is -2.53. The topological polar surface area (TPSA) is 71.6 Å². The molecule has 1 amide bonds. The van der Waals surface area contributed by atoms with Crippen LogP contribution < -0.4 is 4.74 Å². The Kier molecular flexibility index (Phi) is 6.32. The van der Waals surface area contributed by atoms with E-state index in [9.17, 15) is 27.2 Å². The Hall–Kier alpha value is -4.34. The number of methoxy groups -OCH3 is 1. The number of rotatable bonds is 5. The van der Waals surface area contributed by atoms with Crippen molar-refractivity contribution in [3.05, 3.63) is 101 Å². The van der Waals surface area contributed by atoms with E-state index in [-0.39, 0.29) is 12.5 Å². The summed E-state index contributed by atoms with van der Waals surface area (Å²) in [5.41, 5.74) is 2.90. The number of fused-ring (bicyclic) bond motifs is 3. The molecule has 4 aromatic rings. The molecule has 6 nitrogen and oxygen atoms in total. The smallest absolute Gasteiger partial charge is 0.328 e.